The zero-order valence-electron chi connectivity index (χ0n) is 9.34. The molecule has 1 amide bonds. The van der Waals surface area contributed by atoms with Gasteiger partial charge in [-0.3, -0.25) is 4.79 Å². The van der Waals surface area contributed by atoms with Crippen LogP contribution < -0.4 is 11.1 Å². The van der Waals surface area contributed by atoms with Gasteiger partial charge in [-0.1, -0.05) is 6.07 Å². The number of hydrogen-bond donors (Lipinski definition) is 2. The van der Waals surface area contributed by atoms with Crippen LogP contribution >= 0.6 is 0 Å². The van der Waals surface area contributed by atoms with Crippen molar-refractivity contribution in [2.45, 2.75) is 6.92 Å². The van der Waals surface area contributed by atoms with Crippen LogP contribution in [-0.4, -0.2) is 15.9 Å². The van der Waals surface area contributed by atoms with E-state index in [-0.39, 0.29) is 11.6 Å². The van der Waals surface area contributed by atoms with Crippen molar-refractivity contribution < 1.29 is 4.79 Å². The molecule has 0 fully saturated rings. The Morgan fingerprint density at radius 3 is 2.65 bits per heavy atom. The second-order valence-corrected chi connectivity index (χ2v) is 3.56. The Bertz CT molecular complexity index is 554. The zero-order valence-corrected chi connectivity index (χ0v) is 9.34. The molecule has 0 spiro atoms. The molecule has 0 atom stereocenters. The van der Waals surface area contributed by atoms with Crippen LogP contribution in [0.2, 0.25) is 0 Å². The van der Waals surface area contributed by atoms with Gasteiger partial charge in [-0.05, 0) is 30.7 Å². The van der Waals surface area contributed by atoms with Crippen LogP contribution in [0.4, 0.5) is 11.5 Å². The van der Waals surface area contributed by atoms with Crippen molar-refractivity contribution >= 4 is 17.4 Å². The third-order valence-corrected chi connectivity index (χ3v) is 2.30. The molecule has 0 saturated heterocycles. The summed E-state index contributed by atoms with van der Waals surface area (Å²) in [6, 6.07) is 6.98. The predicted octanol–water partition coefficient (Wildman–Crippen LogP) is 1.62. The van der Waals surface area contributed by atoms with Gasteiger partial charge >= 0.3 is 0 Å². The lowest BCUT2D eigenvalue weighted by molar-refractivity contribution is 0.102. The standard InChI is InChI=1S/C12H12N4O/c1-8-4-2-7-15-11(8)16-12(17)10-9(13)5-3-6-14-10/h2-7H,13H2,1H3,(H,15,16,17). The fourth-order valence-corrected chi connectivity index (χ4v) is 1.39. The number of nitrogens with one attached hydrogen (secondary N) is 1. The maximum atomic E-state index is 11.9. The average molecular weight is 228 g/mol. The Kier molecular flexibility index (Phi) is 3.00. The highest BCUT2D eigenvalue weighted by molar-refractivity contribution is 6.05. The summed E-state index contributed by atoms with van der Waals surface area (Å²) in [5.41, 5.74) is 7.11. The number of nitrogens with zero attached hydrogens (tertiary/aromatic N) is 2. The smallest absolute Gasteiger partial charge is 0.277 e. The van der Waals surface area contributed by atoms with E-state index in [1.165, 1.54) is 6.20 Å². The number of anilines is 2. The molecule has 0 aliphatic heterocycles. The highest BCUT2D eigenvalue weighted by atomic mass is 16.2. The largest absolute Gasteiger partial charge is 0.397 e. The van der Waals surface area contributed by atoms with Gasteiger partial charge in [-0.15, -0.1) is 0 Å². The summed E-state index contributed by atoms with van der Waals surface area (Å²) in [5, 5.41) is 2.67. The van der Waals surface area contributed by atoms with E-state index in [0.29, 0.717) is 11.5 Å². The SMILES string of the molecule is Cc1cccnc1NC(=O)c1ncccc1N. The molecule has 5 nitrogen and oxygen atoms in total. The van der Waals surface area contributed by atoms with Gasteiger partial charge in [0.05, 0.1) is 5.69 Å². The first-order valence-corrected chi connectivity index (χ1v) is 5.12. The summed E-state index contributed by atoms with van der Waals surface area (Å²) in [5.74, 6) is 0.160. The van der Waals surface area contributed by atoms with Gasteiger partial charge in [-0.25, -0.2) is 9.97 Å². The summed E-state index contributed by atoms with van der Waals surface area (Å²) in [7, 11) is 0. The van der Waals surface area contributed by atoms with Crippen LogP contribution in [0.5, 0.6) is 0 Å². The molecule has 3 N–H and O–H groups in total. The molecule has 0 unspecified atom stereocenters. The number of aryl methyl sites for hydroxylation is 1. The predicted molar refractivity (Wildman–Crippen MR) is 65.6 cm³/mol. The Hall–Kier alpha value is -2.43. The first kappa shape index (κ1) is 11.1. The number of amides is 1. The van der Waals surface area contributed by atoms with Gasteiger partial charge in [0.25, 0.3) is 5.91 Å². The number of hydrogen-bond acceptors (Lipinski definition) is 4. The normalized spacial score (nSPS) is 9.94. The fraction of sp³-hybridized carbons (Fsp3) is 0.0833. The molecule has 17 heavy (non-hydrogen) atoms. The van der Waals surface area contributed by atoms with Crippen molar-refractivity contribution in [1.82, 2.24) is 9.97 Å². The Morgan fingerprint density at radius 2 is 1.94 bits per heavy atom. The number of pyridine rings is 2. The van der Waals surface area contributed by atoms with Crippen LogP contribution in [0, 0.1) is 6.92 Å². The van der Waals surface area contributed by atoms with E-state index in [1.54, 1.807) is 24.4 Å². The van der Waals surface area contributed by atoms with Crippen LogP contribution in [-0.2, 0) is 0 Å². The van der Waals surface area contributed by atoms with Gasteiger partial charge in [0.1, 0.15) is 5.82 Å². The van der Waals surface area contributed by atoms with Crippen LogP contribution in [0.3, 0.4) is 0 Å². The van der Waals surface area contributed by atoms with Crippen molar-refractivity contribution in [1.29, 1.82) is 0 Å². The molecule has 2 heterocycles. The first-order valence-electron chi connectivity index (χ1n) is 5.12. The molecular formula is C12H12N4O. The second kappa shape index (κ2) is 4.61. The van der Waals surface area contributed by atoms with Crippen LogP contribution in [0.1, 0.15) is 16.1 Å². The summed E-state index contributed by atoms with van der Waals surface area (Å²) >= 11 is 0. The van der Waals surface area contributed by atoms with Crippen molar-refractivity contribution in [3.8, 4) is 0 Å². The first-order chi connectivity index (χ1) is 8.18. The van der Waals surface area contributed by atoms with E-state index in [4.69, 9.17) is 5.73 Å². The van der Waals surface area contributed by atoms with Crippen molar-refractivity contribution in [3.63, 3.8) is 0 Å². The number of rotatable bonds is 2. The van der Waals surface area contributed by atoms with E-state index in [1.807, 2.05) is 13.0 Å². The fourth-order valence-electron chi connectivity index (χ4n) is 1.39. The minimum atomic E-state index is -0.357. The Balaban J connectivity index is 2.24. The molecule has 2 aromatic heterocycles. The monoisotopic (exact) mass is 228 g/mol. The summed E-state index contributed by atoms with van der Waals surface area (Å²) < 4.78 is 0. The van der Waals surface area contributed by atoms with Gasteiger partial charge in [0.2, 0.25) is 0 Å². The van der Waals surface area contributed by atoms with E-state index in [2.05, 4.69) is 15.3 Å². The second-order valence-electron chi connectivity index (χ2n) is 3.56. The number of nitrogens with two attached hydrogens (primary N) is 1. The summed E-state index contributed by atoms with van der Waals surface area (Å²) in [6.07, 6.45) is 3.14. The molecule has 0 aliphatic rings. The van der Waals surface area contributed by atoms with E-state index in [9.17, 15) is 4.79 Å². The number of carbonyl (C=O) groups excluding carboxylic acids is 1. The third-order valence-electron chi connectivity index (χ3n) is 2.30. The number of aromatic nitrogens is 2. The minimum Gasteiger partial charge on any atom is -0.397 e. The van der Waals surface area contributed by atoms with E-state index >= 15 is 0 Å². The van der Waals surface area contributed by atoms with E-state index in [0.717, 1.165) is 5.56 Å². The summed E-state index contributed by atoms with van der Waals surface area (Å²) in [4.78, 5) is 19.9. The lowest BCUT2D eigenvalue weighted by Gasteiger charge is -2.07. The highest BCUT2D eigenvalue weighted by Crippen LogP contribution is 2.13. The van der Waals surface area contributed by atoms with Crippen LogP contribution in [0.15, 0.2) is 36.7 Å². The molecule has 86 valence electrons. The molecule has 0 saturated carbocycles. The third kappa shape index (κ3) is 2.39. The number of nitrogen functional groups attached to an aromatic ring is 1. The molecule has 0 radical (unpaired) electrons. The highest BCUT2D eigenvalue weighted by Gasteiger charge is 2.12. The molecule has 0 aliphatic carbocycles. The van der Waals surface area contributed by atoms with Crippen LogP contribution in [0.25, 0.3) is 0 Å². The number of carbonyl (C=O) groups is 1. The topological polar surface area (TPSA) is 80.9 Å². The lowest BCUT2D eigenvalue weighted by Crippen LogP contribution is -2.17. The quantitative estimate of drug-likeness (QED) is 0.818. The van der Waals surface area contributed by atoms with Gasteiger partial charge in [0.15, 0.2) is 5.69 Å². The molecule has 2 rings (SSSR count). The lowest BCUT2D eigenvalue weighted by atomic mass is 10.2. The minimum absolute atomic E-state index is 0.206. The molecule has 2 aromatic rings. The van der Waals surface area contributed by atoms with Crippen molar-refractivity contribution in [3.05, 3.63) is 47.9 Å². The zero-order chi connectivity index (χ0) is 12.3. The summed E-state index contributed by atoms with van der Waals surface area (Å²) in [6.45, 7) is 1.87. The van der Waals surface area contributed by atoms with Crippen molar-refractivity contribution in [2.75, 3.05) is 11.1 Å². The molecule has 0 aromatic carbocycles. The van der Waals surface area contributed by atoms with Gasteiger partial charge in [0, 0.05) is 12.4 Å². The average Bonchev–Trinajstić information content (AvgIpc) is 2.32. The molecule has 5 heteroatoms. The van der Waals surface area contributed by atoms with Crippen molar-refractivity contribution in [2.24, 2.45) is 0 Å². The van der Waals surface area contributed by atoms with Gasteiger partial charge < -0.3 is 11.1 Å². The van der Waals surface area contributed by atoms with Gasteiger partial charge in [-0.2, -0.15) is 0 Å². The molecule has 0 bridgehead atoms. The van der Waals surface area contributed by atoms with E-state index < -0.39 is 0 Å². The molecular weight excluding hydrogens is 216 g/mol. The maximum absolute atomic E-state index is 11.9. The maximum Gasteiger partial charge on any atom is 0.277 e. The Labute approximate surface area is 98.7 Å². The Morgan fingerprint density at radius 1 is 1.24 bits per heavy atom.